The van der Waals surface area contributed by atoms with E-state index in [1.165, 1.54) is 0 Å². The van der Waals surface area contributed by atoms with Crippen LogP contribution in [0.5, 0.6) is 0 Å². The normalized spacial score (nSPS) is 16.9. The molecule has 2 aromatic heterocycles. The van der Waals surface area contributed by atoms with Crippen LogP contribution in [0.1, 0.15) is 23.3 Å². The lowest BCUT2D eigenvalue weighted by Crippen LogP contribution is -2.33. The Bertz CT molecular complexity index is 834. The van der Waals surface area contributed by atoms with E-state index >= 15 is 0 Å². The van der Waals surface area contributed by atoms with E-state index in [2.05, 4.69) is 10.4 Å². The molecule has 1 aromatic carbocycles. The predicted molar refractivity (Wildman–Crippen MR) is 92.6 cm³/mol. The van der Waals surface area contributed by atoms with E-state index in [-0.39, 0.29) is 12.0 Å². The standard InChI is InChI=1S/C19H19N3O3/c23-19(20-13-15-8-4-10-24-15)17-12-16(18-9-5-11-25-18)21-22(17)14-6-2-1-3-7-14/h1-3,5-7,9,11-12,15H,4,8,10,13H2,(H,20,23)/t15-/m1/s1. The molecule has 1 N–H and O–H groups in total. The van der Waals surface area contributed by atoms with Gasteiger partial charge in [0.05, 0.1) is 18.1 Å². The monoisotopic (exact) mass is 337 g/mol. The van der Waals surface area contributed by atoms with Crippen LogP contribution >= 0.6 is 0 Å². The van der Waals surface area contributed by atoms with Gasteiger partial charge in [-0.05, 0) is 37.1 Å². The zero-order chi connectivity index (χ0) is 17.1. The van der Waals surface area contributed by atoms with Gasteiger partial charge in [-0.25, -0.2) is 4.68 Å². The summed E-state index contributed by atoms with van der Waals surface area (Å²) in [5.41, 5.74) is 1.91. The Morgan fingerprint density at radius 1 is 1.24 bits per heavy atom. The molecule has 0 radical (unpaired) electrons. The van der Waals surface area contributed by atoms with Crippen LogP contribution in [-0.2, 0) is 4.74 Å². The molecule has 1 amide bonds. The molecular formula is C19H19N3O3. The summed E-state index contributed by atoms with van der Waals surface area (Å²) in [4.78, 5) is 12.7. The third kappa shape index (κ3) is 3.34. The Hall–Kier alpha value is -2.86. The van der Waals surface area contributed by atoms with Crippen LogP contribution in [0.25, 0.3) is 17.1 Å². The maximum atomic E-state index is 12.7. The number of nitrogens with one attached hydrogen (secondary N) is 1. The second-order valence-electron chi connectivity index (χ2n) is 5.98. The quantitative estimate of drug-likeness (QED) is 0.777. The maximum Gasteiger partial charge on any atom is 0.270 e. The summed E-state index contributed by atoms with van der Waals surface area (Å²) >= 11 is 0. The Kier molecular flexibility index (Phi) is 4.35. The van der Waals surface area contributed by atoms with Gasteiger partial charge in [0.25, 0.3) is 5.91 Å². The lowest BCUT2D eigenvalue weighted by molar-refractivity contribution is 0.0851. The van der Waals surface area contributed by atoms with E-state index in [4.69, 9.17) is 9.15 Å². The summed E-state index contributed by atoms with van der Waals surface area (Å²) in [5.74, 6) is 0.451. The highest BCUT2D eigenvalue weighted by Crippen LogP contribution is 2.22. The summed E-state index contributed by atoms with van der Waals surface area (Å²) in [6.07, 6.45) is 3.72. The lowest BCUT2D eigenvalue weighted by Gasteiger charge is -2.11. The van der Waals surface area contributed by atoms with Gasteiger partial charge in [0.15, 0.2) is 5.76 Å². The van der Waals surface area contributed by atoms with E-state index in [0.717, 1.165) is 25.1 Å². The van der Waals surface area contributed by atoms with Crippen molar-refractivity contribution in [2.75, 3.05) is 13.2 Å². The van der Waals surface area contributed by atoms with Gasteiger partial charge in [0.1, 0.15) is 11.4 Å². The Balaban J connectivity index is 1.63. The van der Waals surface area contributed by atoms with E-state index in [0.29, 0.717) is 23.7 Å². The highest BCUT2D eigenvalue weighted by atomic mass is 16.5. The number of rotatable bonds is 5. The van der Waals surface area contributed by atoms with Crippen molar-refractivity contribution in [1.29, 1.82) is 0 Å². The molecule has 1 fully saturated rings. The minimum Gasteiger partial charge on any atom is -0.463 e. The Morgan fingerprint density at radius 2 is 2.12 bits per heavy atom. The fourth-order valence-corrected chi connectivity index (χ4v) is 2.96. The minimum absolute atomic E-state index is 0.0987. The van der Waals surface area contributed by atoms with Gasteiger partial charge in [-0.1, -0.05) is 18.2 Å². The van der Waals surface area contributed by atoms with Gasteiger partial charge in [0.2, 0.25) is 0 Å². The van der Waals surface area contributed by atoms with Gasteiger partial charge >= 0.3 is 0 Å². The molecular weight excluding hydrogens is 318 g/mol. The van der Waals surface area contributed by atoms with Gasteiger partial charge < -0.3 is 14.5 Å². The number of furan rings is 1. The minimum atomic E-state index is -0.176. The van der Waals surface area contributed by atoms with Crippen LogP contribution in [0.4, 0.5) is 0 Å². The van der Waals surface area contributed by atoms with Crippen molar-refractivity contribution in [2.24, 2.45) is 0 Å². The third-order valence-electron chi connectivity index (χ3n) is 4.23. The van der Waals surface area contributed by atoms with Gasteiger partial charge in [-0.15, -0.1) is 0 Å². The SMILES string of the molecule is O=C(NC[C@H]1CCCO1)c1cc(-c2ccco2)nn1-c1ccccc1. The summed E-state index contributed by atoms with van der Waals surface area (Å²) in [6.45, 7) is 1.28. The van der Waals surface area contributed by atoms with Crippen LogP contribution in [0.15, 0.2) is 59.2 Å². The van der Waals surface area contributed by atoms with Crippen LogP contribution in [0, 0.1) is 0 Å². The Morgan fingerprint density at radius 3 is 2.84 bits per heavy atom. The van der Waals surface area contributed by atoms with Crippen molar-refractivity contribution in [3.63, 3.8) is 0 Å². The number of ether oxygens (including phenoxy) is 1. The average Bonchev–Trinajstić information content (AvgIpc) is 3.41. The molecule has 3 heterocycles. The molecule has 0 saturated carbocycles. The zero-order valence-electron chi connectivity index (χ0n) is 13.7. The van der Waals surface area contributed by atoms with Gasteiger partial charge in [0, 0.05) is 19.2 Å². The van der Waals surface area contributed by atoms with Crippen molar-refractivity contribution in [3.05, 3.63) is 60.5 Å². The summed E-state index contributed by atoms with van der Waals surface area (Å²) in [7, 11) is 0. The number of carbonyl (C=O) groups excluding carboxylic acids is 1. The largest absolute Gasteiger partial charge is 0.463 e. The van der Waals surface area contributed by atoms with E-state index in [9.17, 15) is 4.79 Å². The highest BCUT2D eigenvalue weighted by Gasteiger charge is 2.21. The zero-order valence-corrected chi connectivity index (χ0v) is 13.7. The first-order valence-electron chi connectivity index (χ1n) is 8.40. The first-order valence-corrected chi connectivity index (χ1v) is 8.40. The van der Waals surface area contributed by atoms with E-state index in [1.807, 2.05) is 36.4 Å². The first kappa shape index (κ1) is 15.7. The van der Waals surface area contributed by atoms with Crippen LogP contribution in [0.3, 0.4) is 0 Å². The van der Waals surface area contributed by atoms with E-state index < -0.39 is 0 Å². The molecule has 128 valence electrons. The topological polar surface area (TPSA) is 69.3 Å². The number of amides is 1. The number of carbonyl (C=O) groups is 1. The van der Waals surface area contributed by atoms with Crippen molar-refractivity contribution in [3.8, 4) is 17.1 Å². The molecule has 3 aromatic rings. The molecule has 4 rings (SSSR count). The van der Waals surface area contributed by atoms with Crippen molar-refractivity contribution < 1.29 is 13.9 Å². The number of aromatic nitrogens is 2. The number of benzene rings is 1. The molecule has 1 aliphatic heterocycles. The fraction of sp³-hybridized carbons (Fsp3) is 0.263. The molecule has 1 aliphatic rings. The van der Waals surface area contributed by atoms with Crippen LogP contribution in [0.2, 0.25) is 0 Å². The van der Waals surface area contributed by atoms with Crippen LogP contribution in [-0.4, -0.2) is 34.9 Å². The summed E-state index contributed by atoms with van der Waals surface area (Å²) in [5, 5.41) is 7.51. The first-order chi connectivity index (χ1) is 12.3. The number of hydrogen-bond acceptors (Lipinski definition) is 4. The number of nitrogens with zero attached hydrogens (tertiary/aromatic N) is 2. The molecule has 0 spiro atoms. The van der Waals surface area contributed by atoms with Crippen molar-refractivity contribution in [1.82, 2.24) is 15.1 Å². The smallest absolute Gasteiger partial charge is 0.270 e. The average molecular weight is 337 g/mol. The molecule has 0 unspecified atom stereocenters. The lowest BCUT2D eigenvalue weighted by atomic mass is 10.2. The summed E-state index contributed by atoms with van der Waals surface area (Å²) in [6, 6.07) is 15.0. The molecule has 0 bridgehead atoms. The number of para-hydroxylation sites is 1. The molecule has 6 heteroatoms. The maximum absolute atomic E-state index is 12.7. The molecule has 25 heavy (non-hydrogen) atoms. The second-order valence-corrected chi connectivity index (χ2v) is 5.98. The van der Waals surface area contributed by atoms with Crippen molar-refractivity contribution >= 4 is 5.91 Å². The van der Waals surface area contributed by atoms with Crippen molar-refractivity contribution in [2.45, 2.75) is 18.9 Å². The highest BCUT2D eigenvalue weighted by molar-refractivity contribution is 5.94. The Labute approximate surface area is 145 Å². The molecule has 1 saturated heterocycles. The van der Waals surface area contributed by atoms with Gasteiger partial charge in [-0.3, -0.25) is 4.79 Å². The summed E-state index contributed by atoms with van der Waals surface area (Å²) < 4.78 is 12.6. The molecule has 6 nitrogen and oxygen atoms in total. The fourth-order valence-electron chi connectivity index (χ4n) is 2.96. The molecule has 1 atom stereocenters. The second kappa shape index (κ2) is 6.94. The third-order valence-corrected chi connectivity index (χ3v) is 4.23. The van der Waals surface area contributed by atoms with E-state index in [1.54, 1.807) is 23.1 Å². The van der Waals surface area contributed by atoms with Crippen LogP contribution < -0.4 is 5.32 Å². The van der Waals surface area contributed by atoms with Gasteiger partial charge in [-0.2, -0.15) is 5.10 Å². The predicted octanol–water partition coefficient (Wildman–Crippen LogP) is 3.04. The molecule has 0 aliphatic carbocycles. The number of hydrogen-bond donors (Lipinski definition) is 1.